The molecule has 1 aromatic rings. The number of imide groups is 1. The van der Waals surface area contributed by atoms with Gasteiger partial charge in [0.05, 0.1) is 0 Å². The van der Waals surface area contributed by atoms with E-state index in [4.69, 9.17) is 11.6 Å². The van der Waals surface area contributed by atoms with Gasteiger partial charge >= 0.3 is 6.03 Å². The Morgan fingerprint density at radius 2 is 2.08 bits per heavy atom. The van der Waals surface area contributed by atoms with E-state index < -0.39 is 0 Å². The van der Waals surface area contributed by atoms with Gasteiger partial charge in [-0.25, -0.2) is 4.79 Å². The van der Waals surface area contributed by atoms with E-state index in [9.17, 15) is 9.59 Å². The van der Waals surface area contributed by atoms with Crippen LogP contribution in [0.4, 0.5) is 4.79 Å². The minimum Gasteiger partial charge on any atom is -0.336 e. The molecule has 24 heavy (non-hydrogen) atoms. The number of benzene rings is 1. The van der Waals surface area contributed by atoms with Crippen LogP contribution in [0.1, 0.15) is 12.5 Å². The van der Waals surface area contributed by atoms with Crippen LogP contribution in [0.2, 0.25) is 5.02 Å². The Kier molecular flexibility index (Phi) is 5.38. The Bertz CT molecular complexity index is 616. The summed E-state index contributed by atoms with van der Waals surface area (Å²) in [6.45, 7) is 7.87. The number of carbonyl (C=O) groups excluding carboxylic acids is 2. The van der Waals surface area contributed by atoms with Gasteiger partial charge in [0.25, 0.3) is 5.91 Å². The molecule has 130 valence electrons. The number of hydrogen-bond acceptors (Lipinski definition) is 2. The first-order valence-electron chi connectivity index (χ1n) is 8.56. The molecule has 0 unspecified atom stereocenters. The molecule has 2 aliphatic rings. The van der Waals surface area contributed by atoms with Crippen LogP contribution in [0, 0.1) is 0 Å². The molecular weight excluding hydrogens is 328 g/mol. The number of carbonyl (C=O) groups is 2. The minimum atomic E-state index is -0.253. The first-order chi connectivity index (χ1) is 11.5. The van der Waals surface area contributed by atoms with Crippen molar-refractivity contribution in [3.8, 4) is 0 Å². The van der Waals surface area contributed by atoms with Crippen molar-refractivity contribution < 1.29 is 19.4 Å². The normalized spacial score (nSPS) is 25.4. The highest BCUT2D eigenvalue weighted by atomic mass is 35.5. The van der Waals surface area contributed by atoms with Gasteiger partial charge in [0.1, 0.15) is 32.7 Å². The van der Waals surface area contributed by atoms with E-state index in [1.165, 1.54) is 20.3 Å². The Labute approximate surface area is 147 Å². The van der Waals surface area contributed by atoms with Gasteiger partial charge in [-0.05, 0) is 19.1 Å². The highest BCUT2D eigenvalue weighted by molar-refractivity contribution is 6.30. The average Bonchev–Trinajstić information content (AvgIpc) is 3.00. The largest absolute Gasteiger partial charge is 0.336 e. The van der Waals surface area contributed by atoms with E-state index in [0.29, 0.717) is 13.1 Å². The predicted molar refractivity (Wildman–Crippen MR) is 91.1 cm³/mol. The van der Waals surface area contributed by atoms with Crippen LogP contribution in [0.25, 0.3) is 0 Å². The van der Waals surface area contributed by atoms with E-state index in [2.05, 4.69) is 11.4 Å². The van der Waals surface area contributed by atoms with Crippen molar-refractivity contribution >= 4 is 23.5 Å². The maximum absolute atomic E-state index is 12.5. The molecule has 3 amide bonds. The molecule has 7 heteroatoms. The molecule has 0 aliphatic carbocycles. The van der Waals surface area contributed by atoms with Crippen LogP contribution in [0.5, 0.6) is 0 Å². The molecule has 2 fully saturated rings. The van der Waals surface area contributed by atoms with E-state index in [1.54, 1.807) is 0 Å². The van der Waals surface area contributed by atoms with Gasteiger partial charge in [0.15, 0.2) is 6.04 Å². The lowest BCUT2D eigenvalue weighted by atomic mass is 10.1. The number of amides is 3. The number of halogens is 1. The van der Waals surface area contributed by atoms with Crippen molar-refractivity contribution in [3.05, 3.63) is 34.9 Å². The van der Waals surface area contributed by atoms with Gasteiger partial charge in [-0.3, -0.25) is 9.69 Å². The molecule has 1 aromatic carbocycles. The third kappa shape index (κ3) is 3.88. The van der Waals surface area contributed by atoms with Gasteiger partial charge in [-0.15, -0.1) is 0 Å². The lowest BCUT2D eigenvalue weighted by Gasteiger charge is -2.33. The monoisotopic (exact) mass is 352 g/mol. The Morgan fingerprint density at radius 1 is 1.33 bits per heavy atom. The van der Waals surface area contributed by atoms with Gasteiger partial charge in [-0.1, -0.05) is 23.7 Å². The summed E-state index contributed by atoms with van der Waals surface area (Å²) in [4.78, 5) is 28.3. The summed E-state index contributed by atoms with van der Waals surface area (Å²) >= 11 is 6.05. The highest BCUT2D eigenvalue weighted by Gasteiger charge is 2.37. The summed E-state index contributed by atoms with van der Waals surface area (Å²) in [5, 5.41) is 3.47. The van der Waals surface area contributed by atoms with Crippen molar-refractivity contribution in [1.82, 2.24) is 10.2 Å². The van der Waals surface area contributed by atoms with Crippen LogP contribution in [-0.2, 0) is 11.3 Å². The molecule has 2 aliphatic heterocycles. The van der Waals surface area contributed by atoms with Gasteiger partial charge in [0.2, 0.25) is 0 Å². The molecule has 2 heterocycles. The molecule has 2 saturated heterocycles. The molecule has 0 aromatic heterocycles. The van der Waals surface area contributed by atoms with Crippen molar-refractivity contribution in [2.75, 3.05) is 39.3 Å². The quantitative estimate of drug-likeness (QED) is 0.622. The molecule has 0 spiro atoms. The summed E-state index contributed by atoms with van der Waals surface area (Å²) in [6.07, 6.45) is 0. The van der Waals surface area contributed by atoms with Gasteiger partial charge in [-0.2, -0.15) is 0 Å². The minimum absolute atomic E-state index is 0.0571. The third-order valence-corrected chi connectivity index (χ3v) is 5.28. The third-order valence-electron chi connectivity index (χ3n) is 5.05. The van der Waals surface area contributed by atoms with Crippen LogP contribution in [-0.4, -0.2) is 62.1 Å². The zero-order valence-corrected chi connectivity index (χ0v) is 14.7. The maximum atomic E-state index is 12.5. The standard InChI is InChI=1S/C17H23ClN4O2/c1-13(16(23)22-6-5-19-17(22)24)21-9-7-20(8-10-21)12-14-3-2-4-15(18)11-14/h2-4,11,13H,5-10,12H2,1H3,(H,19,24)/p+2/t13-/m0/s1. The number of rotatable bonds is 4. The van der Waals surface area contributed by atoms with Crippen molar-refractivity contribution in [2.45, 2.75) is 19.5 Å². The maximum Gasteiger partial charge on any atom is 0.324 e. The molecule has 0 bridgehead atoms. The molecule has 3 rings (SSSR count). The summed E-state index contributed by atoms with van der Waals surface area (Å²) in [7, 11) is 0. The lowest BCUT2D eigenvalue weighted by Crippen LogP contribution is -3.29. The first-order valence-corrected chi connectivity index (χ1v) is 8.94. The van der Waals surface area contributed by atoms with Gasteiger partial charge < -0.3 is 15.1 Å². The number of hydrogen-bond donors (Lipinski definition) is 3. The molecule has 0 radical (unpaired) electrons. The summed E-state index contributed by atoms with van der Waals surface area (Å²) < 4.78 is 0. The number of nitrogens with zero attached hydrogens (tertiary/aromatic N) is 1. The molecule has 3 N–H and O–H groups in total. The van der Waals surface area contributed by atoms with E-state index in [1.807, 2.05) is 25.1 Å². The number of urea groups is 1. The number of nitrogens with one attached hydrogen (secondary N) is 3. The second-order valence-corrected chi connectivity index (χ2v) is 7.09. The van der Waals surface area contributed by atoms with E-state index >= 15 is 0 Å². The van der Waals surface area contributed by atoms with Crippen LogP contribution < -0.4 is 15.1 Å². The lowest BCUT2D eigenvalue weighted by molar-refractivity contribution is -1.02. The summed E-state index contributed by atoms with van der Waals surface area (Å²) in [5.74, 6) is -0.0571. The molecule has 6 nitrogen and oxygen atoms in total. The zero-order chi connectivity index (χ0) is 17.1. The highest BCUT2D eigenvalue weighted by Crippen LogP contribution is 2.09. The first kappa shape index (κ1) is 17.2. The zero-order valence-electron chi connectivity index (χ0n) is 14.0. The molecule has 1 atom stereocenters. The number of quaternary nitrogens is 2. The van der Waals surface area contributed by atoms with Gasteiger partial charge in [0, 0.05) is 23.7 Å². The average molecular weight is 353 g/mol. The topological polar surface area (TPSA) is 58.3 Å². The fourth-order valence-corrected chi connectivity index (χ4v) is 3.77. The second-order valence-electron chi connectivity index (χ2n) is 6.66. The Morgan fingerprint density at radius 3 is 2.71 bits per heavy atom. The molecular formula is C17H25ClN4O2+2. The van der Waals surface area contributed by atoms with Crippen molar-refractivity contribution in [3.63, 3.8) is 0 Å². The van der Waals surface area contributed by atoms with E-state index in [-0.39, 0.29) is 18.0 Å². The Balaban J connectivity index is 1.51. The Hall–Kier alpha value is -1.63. The van der Waals surface area contributed by atoms with Crippen LogP contribution in [0.3, 0.4) is 0 Å². The SMILES string of the molecule is C[C@@H](C(=O)N1CCNC1=O)[NH+]1CC[NH+](Cc2cccc(Cl)c2)CC1. The molecule has 0 saturated carbocycles. The van der Waals surface area contributed by atoms with Crippen molar-refractivity contribution in [2.24, 2.45) is 0 Å². The predicted octanol–water partition coefficient (Wildman–Crippen LogP) is -1.44. The van der Waals surface area contributed by atoms with Crippen LogP contribution >= 0.6 is 11.6 Å². The summed E-state index contributed by atoms with van der Waals surface area (Å²) in [5.41, 5.74) is 1.25. The summed E-state index contributed by atoms with van der Waals surface area (Å²) in [6, 6.07) is 7.59. The van der Waals surface area contributed by atoms with Crippen LogP contribution in [0.15, 0.2) is 24.3 Å². The van der Waals surface area contributed by atoms with Crippen molar-refractivity contribution in [1.29, 1.82) is 0 Å². The smallest absolute Gasteiger partial charge is 0.324 e. The fourth-order valence-electron chi connectivity index (χ4n) is 3.56. The number of piperazine rings is 1. The second kappa shape index (κ2) is 7.51. The fraction of sp³-hybridized carbons (Fsp3) is 0.529. The van der Waals surface area contributed by atoms with E-state index in [0.717, 1.165) is 37.7 Å².